The van der Waals surface area contributed by atoms with Crippen LogP contribution in [0.15, 0.2) is 55.0 Å². The smallest absolute Gasteiger partial charge is 0.274 e. The number of nitrogens with zero attached hydrogens (tertiary/aromatic N) is 4. The number of nitrogens with one attached hydrogen (secondary N) is 1. The summed E-state index contributed by atoms with van der Waals surface area (Å²) in [5.41, 5.74) is 1.76. The Kier molecular flexibility index (Phi) is 5.03. The molecule has 1 N–H and O–H groups in total. The van der Waals surface area contributed by atoms with Crippen molar-refractivity contribution in [1.82, 2.24) is 25.0 Å². The molecular formula is C20H20FN5O2. The van der Waals surface area contributed by atoms with Crippen molar-refractivity contribution in [3.8, 4) is 11.4 Å². The molecule has 3 heterocycles. The minimum atomic E-state index is -0.457. The summed E-state index contributed by atoms with van der Waals surface area (Å²) in [6, 6.07) is 10.5. The molecule has 1 fully saturated rings. The summed E-state index contributed by atoms with van der Waals surface area (Å²) in [6.07, 6.45) is 4.25. The van der Waals surface area contributed by atoms with Gasteiger partial charge in [-0.3, -0.25) is 9.78 Å². The first-order chi connectivity index (χ1) is 13.7. The average Bonchev–Trinajstić information content (AvgIpc) is 3.23. The van der Waals surface area contributed by atoms with E-state index in [2.05, 4.69) is 15.4 Å². The molecule has 28 heavy (non-hydrogen) atoms. The second kappa shape index (κ2) is 7.77. The third-order valence-electron chi connectivity index (χ3n) is 4.75. The zero-order valence-electron chi connectivity index (χ0n) is 15.4. The molecule has 0 bridgehead atoms. The molecule has 0 saturated carbocycles. The number of benzene rings is 1. The highest BCUT2D eigenvalue weighted by molar-refractivity contribution is 5.92. The molecule has 1 aliphatic heterocycles. The van der Waals surface area contributed by atoms with Crippen LogP contribution in [0.4, 0.5) is 4.39 Å². The fourth-order valence-corrected chi connectivity index (χ4v) is 3.35. The van der Waals surface area contributed by atoms with Crippen LogP contribution in [-0.2, 0) is 0 Å². The maximum absolute atomic E-state index is 13.4. The Morgan fingerprint density at radius 2 is 2.18 bits per heavy atom. The largest absolute Gasteiger partial charge is 0.497 e. The lowest BCUT2D eigenvalue weighted by Gasteiger charge is -2.36. The molecule has 1 saturated heterocycles. The van der Waals surface area contributed by atoms with Gasteiger partial charge in [0, 0.05) is 31.9 Å². The van der Waals surface area contributed by atoms with Crippen LogP contribution in [0.2, 0.25) is 0 Å². The Labute approximate surface area is 161 Å². The normalized spacial score (nSPS) is 16.8. The lowest BCUT2D eigenvalue weighted by molar-refractivity contribution is 0.0627. The molecule has 2 aromatic heterocycles. The van der Waals surface area contributed by atoms with Gasteiger partial charge in [-0.15, -0.1) is 0 Å². The first kappa shape index (κ1) is 18.1. The maximum atomic E-state index is 13.4. The molecule has 0 aliphatic carbocycles. The Hall–Kier alpha value is -3.26. The highest BCUT2D eigenvalue weighted by Crippen LogP contribution is 2.26. The van der Waals surface area contributed by atoms with Crippen molar-refractivity contribution in [1.29, 1.82) is 0 Å². The van der Waals surface area contributed by atoms with Crippen molar-refractivity contribution in [2.45, 2.75) is 6.04 Å². The van der Waals surface area contributed by atoms with Crippen molar-refractivity contribution in [2.75, 3.05) is 26.7 Å². The van der Waals surface area contributed by atoms with E-state index in [9.17, 15) is 9.18 Å². The highest BCUT2D eigenvalue weighted by Gasteiger charge is 2.30. The van der Waals surface area contributed by atoms with Gasteiger partial charge in [-0.05, 0) is 23.8 Å². The van der Waals surface area contributed by atoms with Crippen LogP contribution in [0.5, 0.6) is 5.75 Å². The second-order valence-electron chi connectivity index (χ2n) is 6.50. The predicted octanol–water partition coefficient (Wildman–Crippen LogP) is 2.20. The standard InChI is InChI=1S/C20H20FN5O2/c1-28-17-4-2-3-14(9-17)19-13-22-6-8-25(19)20(27)18-5-7-26(24-18)16-10-15(21)11-23-12-16/h2-5,7,9-12,19,22H,6,8,13H2,1H3. The van der Waals surface area contributed by atoms with Gasteiger partial charge in [0.15, 0.2) is 5.69 Å². The minimum Gasteiger partial charge on any atom is -0.497 e. The summed E-state index contributed by atoms with van der Waals surface area (Å²) < 4.78 is 20.2. The lowest BCUT2D eigenvalue weighted by atomic mass is 10.0. The minimum absolute atomic E-state index is 0.127. The number of methoxy groups -OCH3 is 1. The van der Waals surface area contributed by atoms with E-state index in [1.165, 1.54) is 16.9 Å². The van der Waals surface area contributed by atoms with Crippen LogP contribution in [0.25, 0.3) is 5.69 Å². The zero-order chi connectivity index (χ0) is 19.5. The number of carbonyl (C=O) groups is 1. The van der Waals surface area contributed by atoms with E-state index in [4.69, 9.17) is 4.74 Å². The number of piperazine rings is 1. The molecule has 1 unspecified atom stereocenters. The van der Waals surface area contributed by atoms with Crippen molar-refractivity contribution in [3.63, 3.8) is 0 Å². The summed E-state index contributed by atoms with van der Waals surface area (Å²) in [6.45, 7) is 1.92. The van der Waals surface area contributed by atoms with E-state index in [-0.39, 0.29) is 11.9 Å². The highest BCUT2D eigenvalue weighted by atomic mass is 19.1. The molecule has 0 spiro atoms. The van der Waals surface area contributed by atoms with Gasteiger partial charge in [0.25, 0.3) is 5.91 Å². The van der Waals surface area contributed by atoms with Gasteiger partial charge >= 0.3 is 0 Å². The number of amides is 1. The van der Waals surface area contributed by atoms with Gasteiger partial charge in [0.05, 0.1) is 31.2 Å². The van der Waals surface area contributed by atoms with E-state index in [0.29, 0.717) is 31.0 Å². The summed E-state index contributed by atoms with van der Waals surface area (Å²) in [4.78, 5) is 18.8. The Morgan fingerprint density at radius 3 is 3.00 bits per heavy atom. The fourth-order valence-electron chi connectivity index (χ4n) is 3.35. The lowest BCUT2D eigenvalue weighted by Crippen LogP contribution is -2.48. The third-order valence-corrected chi connectivity index (χ3v) is 4.75. The van der Waals surface area contributed by atoms with E-state index in [1.54, 1.807) is 19.4 Å². The summed E-state index contributed by atoms with van der Waals surface area (Å²) in [5, 5.41) is 7.67. The number of carbonyl (C=O) groups excluding carboxylic acids is 1. The summed E-state index contributed by atoms with van der Waals surface area (Å²) in [5.74, 6) is 0.122. The SMILES string of the molecule is COc1cccc(C2CNCCN2C(=O)c2ccn(-c3cncc(F)c3)n2)c1. The predicted molar refractivity (Wildman–Crippen MR) is 101 cm³/mol. The monoisotopic (exact) mass is 381 g/mol. The molecule has 4 rings (SSSR count). The quantitative estimate of drug-likeness (QED) is 0.750. The molecule has 1 aliphatic rings. The van der Waals surface area contributed by atoms with Crippen LogP contribution < -0.4 is 10.1 Å². The van der Waals surface area contributed by atoms with E-state index >= 15 is 0 Å². The molecule has 0 radical (unpaired) electrons. The van der Waals surface area contributed by atoms with Crippen LogP contribution in [0, 0.1) is 5.82 Å². The maximum Gasteiger partial charge on any atom is 0.274 e. The van der Waals surface area contributed by atoms with E-state index in [1.807, 2.05) is 29.2 Å². The van der Waals surface area contributed by atoms with Gasteiger partial charge < -0.3 is 15.0 Å². The molecule has 3 aromatic rings. The first-order valence-electron chi connectivity index (χ1n) is 8.98. The average molecular weight is 381 g/mol. The Morgan fingerprint density at radius 1 is 1.29 bits per heavy atom. The summed E-state index contributed by atoms with van der Waals surface area (Å²) in [7, 11) is 1.62. The van der Waals surface area contributed by atoms with Crippen molar-refractivity contribution in [2.24, 2.45) is 0 Å². The fraction of sp³-hybridized carbons (Fsp3) is 0.250. The number of aromatic nitrogens is 3. The molecular weight excluding hydrogens is 361 g/mol. The molecule has 7 nitrogen and oxygen atoms in total. The first-order valence-corrected chi connectivity index (χ1v) is 8.98. The Balaban J connectivity index is 1.60. The van der Waals surface area contributed by atoms with Gasteiger partial charge in [-0.2, -0.15) is 5.10 Å². The van der Waals surface area contributed by atoms with E-state index < -0.39 is 5.82 Å². The number of hydrogen-bond acceptors (Lipinski definition) is 5. The molecule has 1 atom stereocenters. The van der Waals surface area contributed by atoms with Gasteiger partial charge in [-0.25, -0.2) is 9.07 Å². The second-order valence-corrected chi connectivity index (χ2v) is 6.50. The van der Waals surface area contributed by atoms with Crippen LogP contribution in [0.1, 0.15) is 22.1 Å². The molecule has 8 heteroatoms. The number of ether oxygens (including phenoxy) is 1. The number of halogens is 1. The molecule has 1 aromatic carbocycles. The van der Waals surface area contributed by atoms with Crippen molar-refractivity contribution >= 4 is 5.91 Å². The van der Waals surface area contributed by atoms with E-state index in [0.717, 1.165) is 17.5 Å². The topological polar surface area (TPSA) is 72.3 Å². The zero-order valence-corrected chi connectivity index (χ0v) is 15.4. The van der Waals surface area contributed by atoms with Gasteiger partial charge in [-0.1, -0.05) is 12.1 Å². The van der Waals surface area contributed by atoms with Crippen LogP contribution in [0.3, 0.4) is 0 Å². The molecule has 144 valence electrons. The summed E-state index contributed by atoms with van der Waals surface area (Å²) >= 11 is 0. The van der Waals surface area contributed by atoms with Crippen molar-refractivity contribution < 1.29 is 13.9 Å². The van der Waals surface area contributed by atoms with Crippen LogP contribution in [-0.4, -0.2) is 52.3 Å². The third kappa shape index (κ3) is 3.59. The van der Waals surface area contributed by atoms with Gasteiger partial charge in [0.1, 0.15) is 11.6 Å². The van der Waals surface area contributed by atoms with Crippen LogP contribution >= 0.6 is 0 Å². The molecule has 1 amide bonds. The van der Waals surface area contributed by atoms with Crippen molar-refractivity contribution in [3.05, 3.63) is 72.1 Å². The van der Waals surface area contributed by atoms with Gasteiger partial charge in [0.2, 0.25) is 0 Å². The Bertz CT molecular complexity index is 990. The number of rotatable bonds is 4. The number of pyridine rings is 1. The number of hydrogen-bond donors (Lipinski definition) is 1.